The number of amides is 1. The van der Waals surface area contributed by atoms with Crippen LogP contribution in [0, 0.1) is 18.3 Å². The van der Waals surface area contributed by atoms with Gasteiger partial charge in [0.25, 0.3) is 5.91 Å². The molecule has 4 rings (SSSR count). The second kappa shape index (κ2) is 8.24. The smallest absolute Gasteiger partial charge is 0.262 e. The lowest BCUT2D eigenvalue weighted by Gasteiger charge is -2.10. The van der Waals surface area contributed by atoms with Gasteiger partial charge in [0.1, 0.15) is 24.0 Å². The molecule has 0 saturated heterocycles. The molecule has 1 fully saturated rings. The normalized spacial score (nSPS) is 13.9. The Hall–Kier alpha value is -3.52. The Morgan fingerprint density at radius 3 is 2.76 bits per heavy atom. The molecule has 0 radical (unpaired) electrons. The molecule has 1 aliphatic rings. The standard InChI is InChI=1S/C24H23N3O2/c1-17-6-2-5-9-23(17)29-13-12-27-16-19(21-7-3-4-8-22(21)27)14-18(15-25)24(28)26-20-10-11-20/h2-9,14,16,20H,10-13H2,1H3,(H,26,28)/b18-14+. The summed E-state index contributed by atoms with van der Waals surface area (Å²) in [5.41, 5.74) is 3.15. The average molecular weight is 385 g/mol. The van der Waals surface area contributed by atoms with E-state index >= 15 is 0 Å². The Morgan fingerprint density at radius 1 is 1.24 bits per heavy atom. The Balaban J connectivity index is 1.56. The molecule has 1 aromatic heterocycles. The highest BCUT2D eigenvalue weighted by Gasteiger charge is 2.24. The minimum Gasteiger partial charge on any atom is -0.491 e. The lowest BCUT2D eigenvalue weighted by atomic mass is 10.1. The van der Waals surface area contributed by atoms with E-state index in [9.17, 15) is 10.1 Å². The van der Waals surface area contributed by atoms with Crippen molar-refractivity contribution < 1.29 is 9.53 Å². The number of aromatic nitrogens is 1. The number of benzene rings is 2. The van der Waals surface area contributed by atoms with Crippen molar-refractivity contribution in [3.8, 4) is 11.8 Å². The number of rotatable bonds is 7. The van der Waals surface area contributed by atoms with Crippen molar-refractivity contribution in [1.82, 2.24) is 9.88 Å². The first-order valence-corrected chi connectivity index (χ1v) is 9.84. The Morgan fingerprint density at radius 2 is 2.00 bits per heavy atom. The van der Waals surface area contributed by atoms with Crippen LogP contribution in [0.4, 0.5) is 0 Å². The Kier molecular flexibility index (Phi) is 5.35. The molecule has 146 valence electrons. The van der Waals surface area contributed by atoms with E-state index in [0.29, 0.717) is 13.2 Å². The predicted octanol–water partition coefficient (Wildman–Crippen LogP) is 4.21. The van der Waals surface area contributed by atoms with Crippen LogP contribution in [0.15, 0.2) is 60.3 Å². The van der Waals surface area contributed by atoms with E-state index in [-0.39, 0.29) is 17.5 Å². The Labute approximate surface area is 170 Å². The molecule has 0 bridgehead atoms. The molecule has 29 heavy (non-hydrogen) atoms. The molecule has 0 spiro atoms. The summed E-state index contributed by atoms with van der Waals surface area (Å²) in [7, 11) is 0. The molecule has 1 aliphatic carbocycles. The molecule has 0 aliphatic heterocycles. The van der Waals surface area contributed by atoms with Crippen molar-refractivity contribution in [3.05, 3.63) is 71.4 Å². The molecule has 0 unspecified atom stereocenters. The molecule has 2 aromatic carbocycles. The number of hydrogen-bond acceptors (Lipinski definition) is 3. The van der Waals surface area contributed by atoms with Gasteiger partial charge < -0.3 is 14.6 Å². The van der Waals surface area contributed by atoms with Crippen molar-refractivity contribution in [2.75, 3.05) is 6.61 Å². The molecular formula is C24H23N3O2. The van der Waals surface area contributed by atoms with E-state index < -0.39 is 0 Å². The highest BCUT2D eigenvalue weighted by Crippen LogP contribution is 2.25. The first-order chi connectivity index (χ1) is 14.2. The number of para-hydroxylation sites is 2. The SMILES string of the molecule is Cc1ccccc1OCCn1cc(/C=C(\C#N)C(=O)NC2CC2)c2ccccc21. The fourth-order valence-electron chi connectivity index (χ4n) is 3.34. The summed E-state index contributed by atoms with van der Waals surface area (Å²) in [6.07, 6.45) is 5.64. The number of fused-ring (bicyclic) bond motifs is 1. The minimum absolute atomic E-state index is 0.135. The van der Waals surface area contributed by atoms with Gasteiger partial charge in [-0.25, -0.2) is 0 Å². The van der Waals surface area contributed by atoms with E-state index in [1.54, 1.807) is 6.08 Å². The third kappa shape index (κ3) is 4.33. The van der Waals surface area contributed by atoms with Crippen LogP contribution < -0.4 is 10.1 Å². The highest BCUT2D eigenvalue weighted by atomic mass is 16.5. The van der Waals surface area contributed by atoms with Crippen molar-refractivity contribution in [2.24, 2.45) is 0 Å². The maximum absolute atomic E-state index is 12.3. The summed E-state index contributed by atoms with van der Waals surface area (Å²) in [5, 5.41) is 13.3. The van der Waals surface area contributed by atoms with Gasteiger partial charge >= 0.3 is 0 Å². The van der Waals surface area contributed by atoms with Gasteiger partial charge in [0.2, 0.25) is 0 Å². The van der Waals surface area contributed by atoms with Crippen molar-refractivity contribution in [3.63, 3.8) is 0 Å². The van der Waals surface area contributed by atoms with Crippen LogP contribution >= 0.6 is 0 Å². The molecule has 1 heterocycles. The lowest BCUT2D eigenvalue weighted by molar-refractivity contribution is -0.117. The zero-order valence-corrected chi connectivity index (χ0v) is 16.4. The fraction of sp³-hybridized carbons (Fsp3) is 0.250. The number of aryl methyl sites for hydroxylation is 1. The van der Waals surface area contributed by atoms with Gasteiger partial charge in [0.15, 0.2) is 0 Å². The number of ether oxygens (including phenoxy) is 1. The van der Waals surface area contributed by atoms with Gasteiger partial charge in [-0.3, -0.25) is 4.79 Å². The number of nitrogens with zero attached hydrogens (tertiary/aromatic N) is 2. The topological polar surface area (TPSA) is 67.0 Å². The fourth-order valence-corrected chi connectivity index (χ4v) is 3.34. The molecule has 1 saturated carbocycles. The second-order valence-corrected chi connectivity index (χ2v) is 7.33. The summed E-state index contributed by atoms with van der Waals surface area (Å²) >= 11 is 0. The van der Waals surface area contributed by atoms with Crippen molar-refractivity contribution in [1.29, 1.82) is 5.26 Å². The molecule has 1 N–H and O–H groups in total. The van der Waals surface area contributed by atoms with Crippen LogP contribution in [-0.2, 0) is 11.3 Å². The molecule has 0 atom stereocenters. The van der Waals surface area contributed by atoms with E-state index in [2.05, 4.69) is 9.88 Å². The molecular weight excluding hydrogens is 362 g/mol. The maximum Gasteiger partial charge on any atom is 0.262 e. The van der Waals surface area contributed by atoms with E-state index in [0.717, 1.165) is 40.6 Å². The van der Waals surface area contributed by atoms with Crippen LogP contribution in [0.5, 0.6) is 5.75 Å². The van der Waals surface area contributed by atoms with E-state index in [4.69, 9.17) is 4.74 Å². The first-order valence-electron chi connectivity index (χ1n) is 9.84. The van der Waals surface area contributed by atoms with Gasteiger partial charge in [-0.1, -0.05) is 36.4 Å². The van der Waals surface area contributed by atoms with E-state index in [1.165, 1.54) is 0 Å². The van der Waals surface area contributed by atoms with Crippen LogP contribution in [0.3, 0.4) is 0 Å². The monoisotopic (exact) mass is 385 g/mol. The van der Waals surface area contributed by atoms with Gasteiger partial charge in [0, 0.05) is 28.7 Å². The molecule has 1 amide bonds. The number of nitrogens with one attached hydrogen (secondary N) is 1. The van der Waals surface area contributed by atoms with Crippen LogP contribution in [0.1, 0.15) is 24.0 Å². The summed E-state index contributed by atoms with van der Waals surface area (Å²) in [6.45, 7) is 3.22. The third-order valence-electron chi connectivity index (χ3n) is 5.08. The van der Waals surface area contributed by atoms with Gasteiger partial charge in [-0.05, 0) is 43.5 Å². The zero-order valence-electron chi connectivity index (χ0n) is 16.4. The summed E-state index contributed by atoms with van der Waals surface area (Å²) < 4.78 is 8.04. The predicted molar refractivity (Wildman–Crippen MR) is 113 cm³/mol. The van der Waals surface area contributed by atoms with Gasteiger partial charge in [-0.15, -0.1) is 0 Å². The van der Waals surface area contributed by atoms with Crippen LogP contribution in [0.25, 0.3) is 17.0 Å². The maximum atomic E-state index is 12.3. The largest absolute Gasteiger partial charge is 0.491 e. The minimum atomic E-state index is -0.297. The third-order valence-corrected chi connectivity index (χ3v) is 5.08. The summed E-state index contributed by atoms with van der Waals surface area (Å²) in [6, 6.07) is 18.2. The second-order valence-electron chi connectivity index (χ2n) is 7.33. The molecule has 5 nitrogen and oxygen atoms in total. The lowest BCUT2D eigenvalue weighted by Crippen LogP contribution is -2.26. The number of hydrogen-bond donors (Lipinski definition) is 1. The van der Waals surface area contributed by atoms with Gasteiger partial charge in [-0.2, -0.15) is 5.26 Å². The highest BCUT2D eigenvalue weighted by molar-refractivity contribution is 6.04. The molecule has 5 heteroatoms. The van der Waals surface area contributed by atoms with Crippen molar-refractivity contribution in [2.45, 2.75) is 32.4 Å². The van der Waals surface area contributed by atoms with Crippen LogP contribution in [0.2, 0.25) is 0 Å². The first kappa shape index (κ1) is 18.8. The Bertz CT molecular complexity index is 1120. The zero-order chi connectivity index (χ0) is 20.2. The molecule has 3 aromatic rings. The van der Waals surface area contributed by atoms with Crippen LogP contribution in [-0.4, -0.2) is 23.1 Å². The van der Waals surface area contributed by atoms with Crippen molar-refractivity contribution >= 4 is 22.9 Å². The number of nitriles is 1. The number of carbonyl (C=O) groups excluding carboxylic acids is 1. The number of carbonyl (C=O) groups is 1. The van der Waals surface area contributed by atoms with Gasteiger partial charge in [0.05, 0.1) is 6.54 Å². The van der Waals surface area contributed by atoms with E-state index in [1.807, 2.05) is 67.7 Å². The summed E-state index contributed by atoms with van der Waals surface area (Å²) in [4.78, 5) is 12.3. The quantitative estimate of drug-likeness (QED) is 0.489. The average Bonchev–Trinajstić information content (AvgIpc) is 3.48. The summed E-state index contributed by atoms with van der Waals surface area (Å²) in [5.74, 6) is 0.585.